The summed E-state index contributed by atoms with van der Waals surface area (Å²) in [6.07, 6.45) is 5.51. The summed E-state index contributed by atoms with van der Waals surface area (Å²) < 4.78 is 2.03. The van der Waals surface area contributed by atoms with Gasteiger partial charge < -0.3 is 0 Å². The fourth-order valence-corrected chi connectivity index (χ4v) is 2.30. The largest absolute Gasteiger partial charge is 0.295 e. The van der Waals surface area contributed by atoms with Crippen molar-refractivity contribution in [3.63, 3.8) is 0 Å². The Bertz CT molecular complexity index is 435. The van der Waals surface area contributed by atoms with Crippen LogP contribution in [0.25, 0.3) is 0 Å². The van der Waals surface area contributed by atoms with Gasteiger partial charge in [0, 0.05) is 23.8 Å². The van der Waals surface area contributed by atoms with Crippen molar-refractivity contribution >= 4 is 0 Å². The van der Waals surface area contributed by atoms with Crippen molar-refractivity contribution in [2.75, 3.05) is 0 Å². The molecule has 17 heavy (non-hydrogen) atoms. The smallest absolute Gasteiger partial charge is 0.0745 e. The van der Waals surface area contributed by atoms with E-state index in [4.69, 9.17) is 6.42 Å². The Balaban J connectivity index is 3.01. The van der Waals surface area contributed by atoms with E-state index < -0.39 is 0 Å². The predicted octanol–water partition coefficient (Wildman–Crippen LogP) is 2.58. The number of nitrogens with one attached hydrogen (secondary N) is 1. The molecule has 1 heterocycles. The SMILES string of the molecule is C#CC(C)(C)NC(C)c1c(C)nn(CC)c1C. The van der Waals surface area contributed by atoms with E-state index in [2.05, 4.69) is 44.0 Å². The molecule has 1 N–H and O–H groups in total. The standard InChI is InChI=1S/C14H23N3/c1-8-14(6,7)15-10(3)13-11(4)16-17(9-2)12(13)5/h1,10,15H,9H2,2-7H3. The molecule has 0 saturated heterocycles. The van der Waals surface area contributed by atoms with Crippen molar-refractivity contribution in [3.8, 4) is 12.3 Å². The van der Waals surface area contributed by atoms with Crippen LogP contribution < -0.4 is 5.32 Å². The van der Waals surface area contributed by atoms with Crippen LogP contribution in [0.3, 0.4) is 0 Å². The van der Waals surface area contributed by atoms with Crippen LogP contribution in [0.4, 0.5) is 0 Å². The fourth-order valence-electron chi connectivity index (χ4n) is 2.30. The van der Waals surface area contributed by atoms with Gasteiger partial charge in [-0.1, -0.05) is 5.92 Å². The average Bonchev–Trinajstić information content (AvgIpc) is 2.53. The van der Waals surface area contributed by atoms with Gasteiger partial charge in [-0.05, 0) is 41.5 Å². The van der Waals surface area contributed by atoms with Crippen molar-refractivity contribution in [3.05, 3.63) is 17.0 Å². The number of hydrogen-bond acceptors (Lipinski definition) is 2. The molecule has 1 atom stereocenters. The minimum atomic E-state index is -0.299. The first kappa shape index (κ1) is 13.8. The third kappa shape index (κ3) is 2.89. The van der Waals surface area contributed by atoms with Gasteiger partial charge in [0.05, 0.1) is 11.2 Å². The third-order valence-electron chi connectivity index (χ3n) is 3.11. The average molecular weight is 233 g/mol. The molecule has 1 aromatic rings. The highest BCUT2D eigenvalue weighted by Gasteiger charge is 2.22. The van der Waals surface area contributed by atoms with Crippen LogP contribution in [0.15, 0.2) is 0 Å². The Labute approximate surface area is 105 Å². The number of terminal acetylenes is 1. The Kier molecular flexibility index (Phi) is 4.00. The summed E-state index contributed by atoms with van der Waals surface area (Å²) in [5.74, 6) is 2.76. The lowest BCUT2D eigenvalue weighted by atomic mass is 10.0. The van der Waals surface area contributed by atoms with Crippen LogP contribution in [-0.4, -0.2) is 15.3 Å². The molecule has 1 rings (SSSR count). The number of rotatable bonds is 4. The van der Waals surface area contributed by atoms with E-state index in [9.17, 15) is 0 Å². The van der Waals surface area contributed by atoms with Crippen LogP contribution >= 0.6 is 0 Å². The van der Waals surface area contributed by atoms with Crippen LogP contribution in [0.1, 0.15) is 50.7 Å². The topological polar surface area (TPSA) is 29.9 Å². The molecule has 0 radical (unpaired) electrons. The monoisotopic (exact) mass is 233 g/mol. The summed E-state index contributed by atoms with van der Waals surface area (Å²) in [6, 6.07) is 0.210. The lowest BCUT2D eigenvalue weighted by molar-refractivity contribution is 0.429. The molecule has 0 bridgehead atoms. The first-order chi connectivity index (χ1) is 7.82. The van der Waals surface area contributed by atoms with Crippen LogP contribution in [0, 0.1) is 26.2 Å². The highest BCUT2D eigenvalue weighted by atomic mass is 15.3. The Hall–Kier alpha value is -1.27. The van der Waals surface area contributed by atoms with Gasteiger partial charge in [0.25, 0.3) is 0 Å². The summed E-state index contributed by atoms with van der Waals surface area (Å²) in [4.78, 5) is 0. The molecule has 0 aliphatic carbocycles. The molecule has 94 valence electrons. The molecular weight excluding hydrogens is 210 g/mol. The van der Waals surface area contributed by atoms with Gasteiger partial charge in [0.1, 0.15) is 0 Å². The third-order valence-corrected chi connectivity index (χ3v) is 3.11. The quantitative estimate of drug-likeness (QED) is 0.810. The van der Waals surface area contributed by atoms with Gasteiger partial charge in [-0.25, -0.2) is 0 Å². The predicted molar refractivity (Wildman–Crippen MR) is 71.8 cm³/mol. The van der Waals surface area contributed by atoms with E-state index in [1.54, 1.807) is 0 Å². The maximum Gasteiger partial charge on any atom is 0.0745 e. The minimum Gasteiger partial charge on any atom is -0.295 e. The van der Waals surface area contributed by atoms with E-state index in [0.717, 1.165) is 12.2 Å². The fraction of sp³-hybridized carbons (Fsp3) is 0.643. The van der Waals surface area contributed by atoms with E-state index in [-0.39, 0.29) is 11.6 Å². The molecule has 0 amide bonds. The molecule has 3 heteroatoms. The van der Waals surface area contributed by atoms with Crippen molar-refractivity contribution in [1.82, 2.24) is 15.1 Å². The lowest BCUT2D eigenvalue weighted by Crippen LogP contribution is -2.39. The highest BCUT2D eigenvalue weighted by molar-refractivity contribution is 5.28. The molecule has 0 saturated carbocycles. The molecule has 0 aliphatic rings. The van der Waals surface area contributed by atoms with Gasteiger partial charge in [0.2, 0.25) is 0 Å². The first-order valence-corrected chi connectivity index (χ1v) is 6.11. The van der Waals surface area contributed by atoms with Crippen molar-refractivity contribution in [2.24, 2.45) is 0 Å². The number of hydrogen-bond donors (Lipinski definition) is 1. The van der Waals surface area contributed by atoms with E-state index >= 15 is 0 Å². The van der Waals surface area contributed by atoms with Crippen LogP contribution in [0.5, 0.6) is 0 Å². The Morgan fingerprint density at radius 3 is 2.47 bits per heavy atom. The maximum atomic E-state index is 5.51. The number of nitrogens with zero attached hydrogens (tertiary/aromatic N) is 2. The van der Waals surface area contributed by atoms with Crippen molar-refractivity contribution in [2.45, 2.75) is 59.7 Å². The molecule has 1 aromatic heterocycles. The lowest BCUT2D eigenvalue weighted by Gasteiger charge is -2.25. The van der Waals surface area contributed by atoms with Gasteiger partial charge in [0.15, 0.2) is 0 Å². The highest BCUT2D eigenvalue weighted by Crippen LogP contribution is 2.23. The minimum absolute atomic E-state index is 0.210. The summed E-state index contributed by atoms with van der Waals surface area (Å²) in [5.41, 5.74) is 3.26. The van der Waals surface area contributed by atoms with E-state index in [0.29, 0.717) is 0 Å². The second-order valence-corrected chi connectivity index (χ2v) is 5.04. The zero-order valence-electron chi connectivity index (χ0n) is 11.8. The van der Waals surface area contributed by atoms with Gasteiger partial charge in [-0.3, -0.25) is 10.00 Å². The normalized spacial score (nSPS) is 13.5. The van der Waals surface area contributed by atoms with Gasteiger partial charge in [-0.15, -0.1) is 6.42 Å². The molecular formula is C14H23N3. The van der Waals surface area contributed by atoms with E-state index in [1.165, 1.54) is 11.3 Å². The number of aromatic nitrogens is 2. The Morgan fingerprint density at radius 1 is 1.47 bits per heavy atom. The second kappa shape index (κ2) is 4.93. The van der Waals surface area contributed by atoms with Gasteiger partial charge >= 0.3 is 0 Å². The molecule has 3 nitrogen and oxygen atoms in total. The summed E-state index contributed by atoms with van der Waals surface area (Å²) >= 11 is 0. The molecule has 0 spiro atoms. The molecule has 0 fully saturated rings. The molecule has 0 aliphatic heterocycles. The van der Waals surface area contributed by atoms with Crippen molar-refractivity contribution in [1.29, 1.82) is 0 Å². The summed E-state index contributed by atoms with van der Waals surface area (Å²) in [6.45, 7) is 13.3. The molecule has 0 aromatic carbocycles. The van der Waals surface area contributed by atoms with Gasteiger partial charge in [-0.2, -0.15) is 5.10 Å². The zero-order valence-corrected chi connectivity index (χ0v) is 11.8. The molecule has 1 unspecified atom stereocenters. The van der Waals surface area contributed by atoms with Crippen molar-refractivity contribution < 1.29 is 0 Å². The van der Waals surface area contributed by atoms with Crippen LogP contribution in [-0.2, 0) is 6.54 Å². The Morgan fingerprint density at radius 2 is 2.06 bits per heavy atom. The van der Waals surface area contributed by atoms with E-state index in [1.807, 2.05) is 18.5 Å². The summed E-state index contributed by atoms with van der Waals surface area (Å²) in [7, 11) is 0. The maximum absolute atomic E-state index is 5.51. The number of aryl methyl sites for hydroxylation is 2. The zero-order chi connectivity index (χ0) is 13.2. The first-order valence-electron chi connectivity index (χ1n) is 6.11. The summed E-state index contributed by atoms with van der Waals surface area (Å²) in [5, 5.41) is 7.98. The van der Waals surface area contributed by atoms with Crippen LogP contribution in [0.2, 0.25) is 0 Å². The second-order valence-electron chi connectivity index (χ2n) is 5.04.